The molecule has 0 aliphatic heterocycles. The molecule has 3 aromatic rings. The van der Waals surface area contributed by atoms with Crippen molar-refractivity contribution in [1.82, 2.24) is 20.2 Å². The molecule has 0 spiro atoms. The number of benzene rings is 2. The van der Waals surface area contributed by atoms with Gasteiger partial charge in [-0.1, -0.05) is 61.2 Å². The van der Waals surface area contributed by atoms with Crippen LogP contribution in [0.3, 0.4) is 0 Å². The standard InChI is InChI=1S/C20H22FN5OS/c1-13(15-8-4-3-5-9-15)12-23-19(27)14(2)28-20-25-24-18(26(20)22)16-10-6-7-11-17(16)21/h3-11,13-14H,12,22H2,1-2H3,(H,23,27). The van der Waals surface area contributed by atoms with Gasteiger partial charge >= 0.3 is 0 Å². The second-order valence-corrected chi connectivity index (χ2v) is 7.78. The molecule has 0 radical (unpaired) electrons. The van der Waals surface area contributed by atoms with E-state index < -0.39 is 11.1 Å². The van der Waals surface area contributed by atoms with Crippen LogP contribution in [0.25, 0.3) is 11.4 Å². The van der Waals surface area contributed by atoms with E-state index in [-0.39, 0.29) is 23.2 Å². The molecule has 3 rings (SSSR count). The van der Waals surface area contributed by atoms with Crippen LogP contribution in [0.2, 0.25) is 0 Å². The predicted octanol–water partition coefficient (Wildman–Crippen LogP) is 3.20. The Kier molecular flexibility index (Phi) is 6.30. The van der Waals surface area contributed by atoms with E-state index in [1.54, 1.807) is 25.1 Å². The lowest BCUT2D eigenvalue weighted by Gasteiger charge is -2.15. The summed E-state index contributed by atoms with van der Waals surface area (Å²) >= 11 is 1.18. The van der Waals surface area contributed by atoms with Gasteiger partial charge in [-0.05, 0) is 30.5 Å². The molecule has 1 amide bonds. The molecule has 28 heavy (non-hydrogen) atoms. The Bertz CT molecular complexity index is 947. The van der Waals surface area contributed by atoms with Crippen LogP contribution in [0.5, 0.6) is 0 Å². The van der Waals surface area contributed by atoms with E-state index >= 15 is 0 Å². The van der Waals surface area contributed by atoms with Crippen LogP contribution in [0.15, 0.2) is 59.8 Å². The first-order valence-electron chi connectivity index (χ1n) is 8.92. The van der Waals surface area contributed by atoms with E-state index in [0.29, 0.717) is 11.7 Å². The molecule has 0 aliphatic carbocycles. The lowest BCUT2D eigenvalue weighted by atomic mass is 10.0. The fourth-order valence-electron chi connectivity index (χ4n) is 2.69. The summed E-state index contributed by atoms with van der Waals surface area (Å²) < 4.78 is 15.2. The normalized spacial score (nSPS) is 13.1. The summed E-state index contributed by atoms with van der Waals surface area (Å²) in [5.74, 6) is 5.89. The van der Waals surface area contributed by atoms with Crippen LogP contribution in [0, 0.1) is 5.82 Å². The highest BCUT2D eigenvalue weighted by Gasteiger charge is 2.21. The summed E-state index contributed by atoms with van der Waals surface area (Å²) in [6, 6.07) is 16.2. The molecule has 2 atom stereocenters. The van der Waals surface area contributed by atoms with Crippen molar-refractivity contribution < 1.29 is 9.18 Å². The van der Waals surface area contributed by atoms with Crippen molar-refractivity contribution in [3.8, 4) is 11.4 Å². The fraction of sp³-hybridized carbons (Fsp3) is 0.250. The van der Waals surface area contributed by atoms with E-state index in [1.165, 1.54) is 28.1 Å². The van der Waals surface area contributed by atoms with E-state index in [1.807, 2.05) is 30.3 Å². The molecule has 6 nitrogen and oxygen atoms in total. The van der Waals surface area contributed by atoms with Crippen LogP contribution >= 0.6 is 11.8 Å². The molecule has 3 N–H and O–H groups in total. The molecular weight excluding hydrogens is 377 g/mol. The zero-order valence-corrected chi connectivity index (χ0v) is 16.5. The van der Waals surface area contributed by atoms with Gasteiger partial charge in [-0.25, -0.2) is 9.07 Å². The Labute approximate surface area is 167 Å². The Hall–Kier alpha value is -2.87. The van der Waals surface area contributed by atoms with Gasteiger partial charge in [0, 0.05) is 6.54 Å². The van der Waals surface area contributed by atoms with Gasteiger partial charge < -0.3 is 11.2 Å². The maximum Gasteiger partial charge on any atom is 0.233 e. The first kappa shape index (κ1) is 19.9. The molecule has 0 saturated heterocycles. The minimum atomic E-state index is -0.432. The number of hydrogen-bond acceptors (Lipinski definition) is 5. The summed E-state index contributed by atoms with van der Waals surface area (Å²) in [6.07, 6.45) is 0. The topological polar surface area (TPSA) is 85.8 Å². The number of rotatable bonds is 7. The van der Waals surface area contributed by atoms with Gasteiger partial charge in [0.1, 0.15) is 5.82 Å². The van der Waals surface area contributed by atoms with Gasteiger partial charge in [0.25, 0.3) is 0 Å². The maximum absolute atomic E-state index is 14.0. The highest BCUT2D eigenvalue weighted by atomic mass is 32.2. The minimum absolute atomic E-state index is 0.122. The summed E-state index contributed by atoms with van der Waals surface area (Å²) in [5, 5.41) is 10.8. The largest absolute Gasteiger partial charge is 0.355 e. The number of nitrogens with zero attached hydrogens (tertiary/aromatic N) is 3. The minimum Gasteiger partial charge on any atom is -0.355 e. The van der Waals surface area contributed by atoms with Crippen molar-refractivity contribution >= 4 is 17.7 Å². The summed E-state index contributed by atoms with van der Waals surface area (Å²) in [7, 11) is 0. The summed E-state index contributed by atoms with van der Waals surface area (Å²) in [4.78, 5) is 12.4. The SMILES string of the molecule is CC(Sc1nnc(-c2ccccc2F)n1N)C(=O)NCC(C)c1ccccc1. The molecule has 2 aromatic carbocycles. The number of nitrogen functional groups attached to an aromatic ring is 1. The van der Waals surface area contributed by atoms with Gasteiger partial charge in [0.15, 0.2) is 5.82 Å². The number of amides is 1. The Morgan fingerprint density at radius 2 is 1.82 bits per heavy atom. The highest BCUT2D eigenvalue weighted by molar-refractivity contribution is 8.00. The number of thioether (sulfide) groups is 1. The van der Waals surface area contributed by atoms with Crippen LogP contribution in [-0.2, 0) is 4.79 Å². The van der Waals surface area contributed by atoms with E-state index in [9.17, 15) is 9.18 Å². The third-order valence-electron chi connectivity index (χ3n) is 4.38. The number of nitrogens with two attached hydrogens (primary N) is 1. The van der Waals surface area contributed by atoms with Crippen molar-refractivity contribution in [1.29, 1.82) is 0 Å². The zero-order chi connectivity index (χ0) is 20.1. The average Bonchev–Trinajstić information content (AvgIpc) is 3.07. The second kappa shape index (κ2) is 8.88. The van der Waals surface area contributed by atoms with Gasteiger partial charge in [0.05, 0.1) is 10.8 Å². The van der Waals surface area contributed by atoms with Crippen molar-refractivity contribution in [2.75, 3.05) is 12.4 Å². The van der Waals surface area contributed by atoms with E-state index in [4.69, 9.17) is 5.84 Å². The first-order valence-corrected chi connectivity index (χ1v) is 9.80. The van der Waals surface area contributed by atoms with Crippen LogP contribution < -0.4 is 11.2 Å². The molecule has 146 valence electrons. The molecule has 0 aliphatic rings. The predicted molar refractivity (Wildman–Crippen MR) is 109 cm³/mol. The number of carbonyl (C=O) groups is 1. The molecule has 2 unspecified atom stereocenters. The van der Waals surface area contributed by atoms with Gasteiger partial charge in [-0.15, -0.1) is 10.2 Å². The number of hydrogen-bond donors (Lipinski definition) is 2. The summed E-state index contributed by atoms with van der Waals surface area (Å²) in [6.45, 7) is 4.36. The Morgan fingerprint density at radius 1 is 1.14 bits per heavy atom. The monoisotopic (exact) mass is 399 g/mol. The van der Waals surface area contributed by atoms with Crippen LogP contribution in [-0.4, -0.2) is 32.6 Å². The van der Waals surface area contributed by atoms with Gasteiger partial charge in [-0.3, -0.25) is 4.79 Å². The summed E-state index contributed by atoms with van der Waals surface area (Å²) in [5.41, 5.74) is 1.43. The third kappa shape index (κ3) is 4.51. The van der Waals surface area contributed by atoms with Gasteiger partial charge in [-0.2, -0.15) is 0 Å². The second-order valence-electron chi connectivity index (χ2n) is 6.47. The molecule has 0 saturated carbocycles. The number of nitrogens with one attached hydrogen (secondary N) is 1. The molecule has 8 heteroatoms. The van der Waals surface area contributed by atoms with Crippen LogP contribution in [0.1, 0.15) is 25.3 Å². The van der Waals surface area contributed by atoms with Crippen molar-refractivity contribution in [3.05, 3.63) is 66.0 Å². The van der Waals surface area contributed by atoms with Gasteiger partial charge in [0.2, 0.25) is 11.1 Å². The Balaban J connectivity index is 1.61. The number of aromatic nitrogens is 3. The Morgan fingerprint density at radius 3 is 2.54 bits per heavy atom. The molecule has 0 fully saturated rings. The fourth-order valence-corrected chi connectivity index (χ4v) is 3.49. The number of halogens is 1. The molecule has 0 bridgehead atoms. The van der Waals surface area contributed by atoms with Crippen molar-refractivity contribution in [2.24, 2.45) is 0 Å². The highest BCUT2D eigenvalue weighted by Crippen LogP contribution is 2.26. The quantitative estimate of drug-likeness (QED) is 0.471. The first-order chi connectivity index (χ1) is 13.5. The number of carbonyl (C=O) groups excluding carboxylic acids is 1. The van der Waals surface area contributed by atoms with Crippen LogP contribution in [0.4, 0.5) is 4.39 Å². The third-order valence-corrected chi connectivity index (χ3v) is 5.44. The van der Waals surface area contributed by atoms with Crippen molar-refractivity contribution in [3.63, 3.8) is 0 Å². The smallest absolute Gasteiger partial charge is 0.233 e. The maximum atomic E-state index is 14.0. The van der Waals surface area contributed by atoms with Crippen molar-refractivity contribution in [2.45, 2.75) is 30.2 Å². The lowest BCUT2D eigenvalue weighted by molar-refractivity contribution is -0.120. The molecule has 1 heterocycles. The molecule has 1 aromatic heterocycles. The molecular formula is C20H22FN5OS. The van der Waals surface area contributed by atoms with E-state index in [2.05, 4.69) is 22.4 Å². The average molecular weight is 399 g/mol. The zero-order valence-electron chi connectivity index (χ0n) is 15.7. The lowest BCUT2D eigenvalue weighted by Crippen LogP contribution is -2.34. The van der Waals surface area contributed by atoms with E-state index in [0.717, 1.165) is 0 Å².